The van der Waals surface area contributed by atoms with E-state index in [-0.39, 0.29) is 11.8 Å². The lowest BCUT2D eigenvalue weighted by molar-refractivity contribution is -0.122. The van der Waals surface area contributed by atoms with Gasteiger partial charge in [-0.3, -0.25) is 4.79 Å². The molecule has 1 aromatic rings. The van der Waals surface area contributed by atoms with Gasteiger partial charge in [-0.15, -0.1) is 11.6 Å². The van der Waals surface area contributed by atoms with Crippen molar-refractivity contribution in [3.63, 3.8) is 0 Å². The third-order valence-electron chi connectivity index (χ3n) is 2.15. The fourth-order valence-corrected chi connectivity index (χ4v) is 1.61. The van der Waals surface area contributed by atoms with Crippen LogP contribution >= 0.6 is 39.1 Å². The first kappa shape index (κ1) is 13.8. The summed E-state index contributed by atoms with van der Waals surface area (Å²) in [6, 6.07) is 5.29. The molecular formula is C11H12BrCl2NO. The highest BCUT2D eigenvalue weighted by Gasteiger charge is 2.27. The number of carbonyl (C=O) groups excluding carboxylic acids is 1. The summed E-state index contributed by atoms with van der Waals surface area (Å²) in [7, 11) is 0. The summed E-state index contributed by atoms with van der Waals surface area (Å²) in [6.07, 6.45) is 0. The van der Waals surface area contributed by atoms with E-state index < -0.39 is 5.41 Å². The normalized spacial score (nSPS) is 11.3. The van der Waals surface area contributed by atoms with Crippen molar-refractivity contribution in [2.45, 2.75) is 13.8 Å². The van der Waals surface area contributed by atoms with Crippen LogP contribution in [0.4, 0.5) is 5.69 Å². The molecule has 0 aliphatic heterocycles. The zero-order chi connectivity index (χ0) is 12.3. The predicted molar refractivity (Wildman–Crippen MR) is 72.3 cm³/mol. The van der Waals surface area contributed by atoms with Crippen molar-refractivity contribution in [1.29, 1.82) is 0 Å². The van der Waals surface area contributed by atoms with Crippen molar-refractivity contribution in [2.24, 2.45) is 5.41 Å². The monoisotopic (exact) mass is 323 g/mol. The Morgan fingerprint density at radius 1 is 1.50 bits per heavy atom. The highest BCUT2D eigenvalue weighted by atomic mass is 79.9. The molecule has 0 aliphatic rings. The molecule has 0 aromatic heterocycles. The van der Waals surface area contributed by atoms with Crippen LogP contribution in [-0.2, 0) is 4.79 Å². The number of anilines is 1. The van der Waals surface area contributed by atoms with Crippen LogP contribution < -0.4 is 5.32 Å². The van der Waals surface area contributed by atoms with Gasteiger partial charge in [0, 0.05) is 5.88 Å². The van der Waals surface area contributed by atoms with E-state index in [1.54, 1.807) is 32.0 Å². The van der Waals surface area contributed by atoms with Gasteiger partial charge in [-0.2, -0.15) is 0 Å². The SMILES string of the molecule is CC(C)(CCl)C(=O)Nc1cccc(Cl)c1Br. The number of benzene rings is 1. The van der Waals surface area contributed by atoms with Gasteiger partial charge in [0.25, 0.3) is 0 Å². The third-order valence-corrected chi connectivity index (χ3v) is 4.21. The third kappa shape index (κ3) is 3.12. The number of amides is 1. The van der Waals surface area contributed by atoms with Crippen molar-refractivity contribution in [1.82, 2.24) is 0 Å². The summed E-state index contributed by atoms with van der Waals surface area (Å²) in [5.41, 5.74) is 0.0410. The lowest BCUT2D eigenvalue weighted by Gasteiger charge is -2.21. The molecule has 0 saturated carbocycles. The molecule has 1 amide bonds. The molecule has 0 fully saturated rings. The maximum Gasteiger partial charge on any atom is 0.231 e. The molecule has 0 radical (unpaired) electrons. The summed E-state index contributed by atoms with van der Waals surface area (Å²) in [5, 5.41) is 3.34. The van der Waals surface area contributed by atoms with Gasteiger partial charge < -0.3 is 5.32 Å². The van der Waals surface area contributed by atoms with E-state index in [0.29, 0.717) is 15.2 Å². The van der Waals surface area contributed by atoms with E-state index in [1.165, 1.54) is 0 Å². The lowest BCUT2D eigenvalue weighted by Crippen LogP contribution is -2.32. The Morgan fingerprint density at radius 2 is 2.12 bits per heavy atom. The molecular weight excluding hydrogens is 313 g/mol. The Balaban J connectivity index is 2.90. The smallest absolute Gasteiger partial charge is 0.231 e. The molecule has 0 spiro atoms. The number of halogens is 3. The first-order chi connectivity index (χ1) is 7.38. The summed E-state index contributed by atoms with van der Waals surface area (Å²) in [6.45, 7) is 3.57. The van der Waals surface area contributed by atoms with Crippen molar-refractivity contribution in [3.8, 4) is 0 Å². The first-order valence-electron chi connectivity index (χ1n) is 4.70. The molecule has 1 aromatic carbocycles. The molecule has 0 bridgehead atoms. The summed E-state index contributed by atoms with van der Waals surface area (Å²) in [4.78, 5) is 11.9. The first-order valence-corrected chi connectivity index (χ1v) is 6.40. The fourth-order valence-electron chi connectivity index (χ4n) is 0.953. The quantitative estimate of drug-likeness (QED) is 0.825. The van der Waals surface area contributed by atoms with Crippen LogP contribution in [0.25, 0.3) is 0 Å². The molecule has 0 heterocycles. The minimum Gasteiger partial charge on any atom is -0.325 e. The molecule has 0 atom stereocenters. The largest absolute Gasteiger partial charge is 0.325 e. The summed E-state index contributed by atoms with van der Waals surface area (Å²) in [5.74, 6) is 0.127. The Kier molecular flexibility index (Phi) is 4.65. The number of rotatable bonds is 3. The van der Waals surface area contributed by atoms with E-state index in [4.69, 9.17) is 23.2 Å². The second-order valence-electron chi connectivity index (χ2n) is 4.07. The van der Waals surface area contributed by atoms with Gasteiger partial charge >= 0.3 is 0 Å². The van der Waals surface area contributed by atoms with Crippen LogP contribution in [0.1, 0.15) is 13.8 Å². The Morgan fingerprint density at radius 3 is 2.69 bits per heavy atom. The number of alkyl halides is 1. The van der Waals surface area contributed by atoms with Gasteiger partial charge in [0.1, 0.15) is 0 Å². The highest BCUT2D eigenvalue weighted by molar-refractivity contribution is 9.10. The van der Waals surface area contributed by atoms with Crippen LogP contribution in [0.5, 0.6) is 0 Å². The van der Waals surface area contributed by atoms with Crippen LogP contribution in [0, 0.1) is 5.41 Å². The second-order valence-corrected chi connectivity index (χ2v) is 5.54. The molecule has 0 unspecified atom stereocenters. The summed E-state index contributed by atoms with van der Waals surface area (Å²) < 4.78 is 0.676. The maximum atomic E-state index is 11.9. The predicted octanol–water partition coefficient (Wildman–Crippen LogP) is 4.31. The molecule has 0 saturated heterocycles. The molecule has 88 valence electrons. The van der Waals surface area contributed by atoms with Crippen LogP contribution in [0.3, 0.4) is 0 Å². The minimum absolute atomic E-state index is 0.134. The zero-order valence-corrected chi connectivity index (χ0v) is 12.1. The lowest BCUT2D eigenvalue weighted by atomic mass is 9.95. The zero-order valence-electron chi connectivity index (χ0n) is 8.98. The Bertz CT molecular complexity index is 407. The average molecular weight is 325 g/mol. The molecule has 16 heavy (non-hydrogen) atoms. The van der Waals surface area contributed by atoms with Gasteiger partial charge in [-0.25, -0.2) is 0 Å². The number of carbonyl (C=O) groups is 1. The van der Waals surface area contributed by atoms with E-state index in [2.05, 4.69) is 21.2 Å². The van der Waals surface area contributed by atoms with Crippen LogP contribution in [0.15, 0.2) is 22.7 Å². The molecule has 0 aliphatic carbocycles. The van der Waals surface area contributed by atoms with Gasteiger partial charge in [0.2, 0.25) is 5.91 Å². The number of hydrogen-bond acceptors (Lipinski definition) is 1. The highest BCUT2D eigenvalue weighted by Crippen LogP contribution is 2.31. The van der Waals surface area contributed by atoms with Crippen molar-refractivity contribution < 1.29 is 4.79 Å². The summed E-state index contributed by atoms with van der Waals surface area (Å²) >= 11 is 15.0. The van der Waals surface area contributed by atoms with Gasteiger partial charge in [0.05, 0.1) is 20.6 Å². The van der Waals surface area contributed by atoms with Gasteiger partial charge in [-0.1, -0.05) is 17.7 Å². The van der Waals surface area contributed by atoms with E-state index in [1.807, 2.05) is 0 Å². The molecule has 1 N–H and O–H groups in total. The van der Waals surface area contributed by atoms with Crippen LogP contribution in [0.2, 0.25) is 5.02 Å². The van der Waals surface area contributed by atoms with Gasteiger partial charge in [0.15, 0.2) is 0 Å². The van der Waals surface area contributed by atoms with Crippen molar-refractivity contribution in [3.05, 3.63) is 27.7 Å². The standard InChI is InChI=1S/C11H12BrCl2NO/c1-11(2,6-13)10(16)15-8-5-3-4-7(14)9(8)12/h3-5H,6H2,1-2H3,(H,15,16). The topological polar surface area (TPSA) is 29.1 Å². The van der Waals surface area contributed by atoms with E-state index in [0.717, 1.165) is 0 Å². The Hall–Kier alpha value is -0.250. The maximum absolute atomic E-state index is 11.9. The average Bonchev–Trinajstić information content (AvgIpc) is 2.24. The van der Waals surface area contributed by atoms with Crippen LogP contribution in [-0.4, -0.2) is 11.8 Å². The van der Waals surface area contributed by atoms with Crippen molar-refractivity contribution >= 4 is 50.7 Å². The van der Waals surface area contributed by atoms with E-state index >= 15 is 0 Å². The second kappa shape index (κ2) is 5.39. The number of hydrogen-bond donors (Lipinski definition) is 1. The molecule has 5 heteroatoms. The molecule has 2 nitrogen and oxygen atoms in total. The minimum atomic E-state index is -0.608. The van der Waals surface area contributed by atoms with Gasteiger partial charge in [-0.05, 0) is 41.9 Å². The van der Waals surface area contributed by atoms with E-state index in [9.17, 15) is 4.79 Å². The fraction of sp³-hybridized carbons (Fsp3) is 0.364. The Labute approximate surface area is 113 Å². The number of nitrogens with one attached hydrogen (secondary N) is 1. The van der Waals surface area contributed by atoms with Crippen molar-refractivity contribution in [2.75, 3.05) is 11.2 Å². The molecule has 1 rings (SSSR count).